The molecule has 0 saturated heterocycles. The van der Waals surface area contributed by atoms with Gasteiger partial charge in [0.1, 0.15) is 22.7 Å². The van der Waals surface area contributed by atoms with Crippen molar-refractivity contribution in [3.05, 3.63) is 69.2 Å². The van der Waals surface area contributed by atoms with Crippen molar-refractivity contribution < 1.29 is 4.79 Å². The Hall–Kier alpha value is -2.71. The van der Waals surface area contributed by atoms with Gasteiger partial charge in [0.05, 0.1) is 11.1 Å². The normalized spacial score (nSPS) is 10.9. The highest BCUT2D eigenvalue weighted by atomic mass is 79.9. The Labute approximate surface area is 168 Å². The minimum absolute atomic E-state index is 0.0935. The van der Waals surface area contributed by atoms with Crippen LogP contribution in [0.5, 0.6) is 0 Å². The first-order valence-corrected chi connectivity index (χ1v) is 10.0. The van der Waals surface area contributed by atoms with Crippen LogP contribution in [0.2, 0.25) is 0 Å². The number of carbonyl (C=O) groups excluding carboxylic acids is 1. The van der Waals surface area contributed by atoms with E-state index in [1.54, 1.807) is 0 Å². The summed E-state index contributed by atoms with van der Waals surface area (Å²) in [6.45, 7) is 0.577. The molecule has 4 rings (SSSR count). The highest BCUT2D eigenvalue weighted by Crippen LogP contribution is 2.28. The summed E-state index contributed by atoms with van der Waals surface area (Å²) >= 11 is 4.82. The number of aromatic amines is 1. The number of H-pyrrole nitrogens is 1. The van der Waals surface area contributed by atoms with Gasteiger partial charge in [0.25, 0.3) is 5.91 Å². The maximum atomic E-state index is 12.6. The molecule has 136 valence electrons. The summed E-state index contributed by atoms with van der Waals surface area (Å²) in [7, 11) is 0. The van der Waals surface area contributed by atoms with Crippen LogP contribution in [0.3, 0.4) is 0 Å². The molecule has 0 aliphatic carbocycles. The number of anilines is 2. The summed E-state index contributed by atoms with van der Waals surface area (Å²) in [4.78, 5) is 24.7. The lowest BCUT2D eigenvalue weighted by molar-refractivity contribution is 0.0959. The molecule has 0 fully saturated rings. The van der Waals surface area contributed by atoms with E-state index in [9.17, 15) is 4.79 Å². The van der Waals surface area contributed by atoms with E-state index in [-0.39, 0.29) is 5.91 Å². The van der Waals surface area contributed by atoms with Crippen LogP contribution in [-0.2, 0) is 6.42 Å². The van der Waals surface area contributed by atoms with E-state index in [0.717, 1.165) is 27.6 Å². The fourth-order valence-corrected chi connectivity index (χ4v) is 3.76. The van der Waals surface area contributed by atoms with E-state index >= 15 is 0 Å². The molecule has 4 aromatic rings. The Balaban J connectivity index is 1.42. The molecule has 0 aliphatic rings. The Morgan fingerprint density at radius 2 is 2.00 bits per heavy atom. The van der Waals surface area contributed by atoms with Crippen molar-refractivity contribution in [1.82, 2.24) is 20.3 Å². The molecule has 6 nitrogen and oxygen atoms in total. The summed E-state index contributed by atoms with van der Waals surface area (Å²) in [5.74, 6) is 0.576. The number of hydrogen-bond donors (Lipinski definition) is 3. The van der Waals surface area contributed by atoms with E-state index in [1.165, 1.54) is 23.2 Å². The molecule has 3 heterocycles. The summed E-state index contributed by atoms with van der Waals surface area (Å²) < 4.78 is 1.05. The van der Waals surface area contributed by atoms with Gasteiger partial charge >= 0.3 is 0 Å². The van der Waals surface area contributed by atoms with Gasteiger partial charge in [0.2, 0.25) is 0 Å². The number of hydrogen-bond acceptors (Lipinski definition) is 5. The van der Waals surface area contributed by atoms with E-state index in [0.29, 0.717) is 17.2 Å². The second kappa shape index (κ2) is 7.89. The molecule has 0 radical (unpaired) electrons. The molecule has 3 N–H and O–H groups in total. The average molecular weight is 442 g/mol. The Kier molecular flexibility index (Phi) is 5.17. The van der Waals surface area contributed by atoms with E-state index in [2.05, 4.69) is 41.5 Å². The fourth-order valence-electron chi connectivity index (χ4n) is 2.73. The molecular weight excluding hydrogens is 426 g/mol. The van der Waals surface area contributed by atoms with Crippen molar-refractivity contribution in [2.45, 2.75) is 6.42 Å². The Morgan fingerprint density at radius 1 is 1.15 bits per heavy atom. The van der Waals surface area contributed by atoms with Crippen molar-refractivity contribution in [3.63, 3.8) is 0 Å². The maximum absolute atomic E-state index is 12.6. The van der Waals surface area contributed by atoms with E-state index in [4.69, 9.17) is 0 Å². The van der Waals surface area contributed by atoms with Crippen molar-refractivity contribution in [3.8, 4) is 0 Å². The lowest BCUT2D eigenvalue weighted by Crippen LogP contribution is -2.25. The first-order valence-electron chi connectivity index (χ1n) is 8.36. The van der Waals surface area contributed by atoms with Crippen LogP contribution >= 0.6 is 27.3 Å². The molecular formula is C19H16BrN5OS. The Morgan fingerprint density at radius 3 is 2.85 bits per heavy atom. The molecule has 1 amide bonds. The van der Waals surface area contributed by atoms with Gasteiger partial charge in [-0.2, -0.15) is 0 Å². The van der Waals surface area contributed by atoms with Crippen molar-refractivity contribution in [2.75, 3.05) is 11.9 Å². The second-order valence-electron chi connectivity index (χ2n) is 5.88. The summed E-state index contributed by atoms with van der Waals surface area (Å²) in [5, 5.41) is 9.01. The highest BCUT2D eigenvalue weighted by Gasteiger charge is 2.15. The maximum Gasteiger partial charge on any atom is 0.263 e. The minimum atomic E-state index is -0.0935. The van der Waals surface area contributed by atoms with Crippen LogP contribution in [0.15, 0.2) is 58.8 Å². The third kappa shape index (κ3) is 4.01. The number of rotatable bonds is 6. The van der Waals surface area contributed by atoms with Gasteiger partial charge in [0.15, 0.2) is 0 Å². The van der Waals surface area contributed by atoms with Crippen LogP contribution in [-0.4, -0.2) is 27.4 Å². The zero-order valence-electron chi connectivity index (χ0n) is 14.2. The lowest BCUT2D eigenvalue weighted by atomic mass is 10.1. The third-order valence-corrected chi connectivity index (χ3v) is 5.53. The number of nitrogens with zero attached hydrogens (tertiary/aromatic N) is 2. The standard InChI is InChI=1S/C19H16BrN5OS/c20-13-3-1-12(2-4-13)5-8-22-19(26)16-15(7-10-27-16)25-18-14-6-9-21-17(14)23-11-24-18/h1-4,6-7,9-11H,5,8H2,(H,22,26)(H2,21,23,24,25). The van der Waals surface area contributed by atoms with Crippen LogP contribution in [0.1, 0.15) is 15.2 Å². The first-order chi connectivity index (χ1) is 13.2. The highest BCUT2D eigenvalue weighted by molar-refractivity contribution is 9.10. The quantitative estimate of drug-likeness (QED) is 0.411. The number of benzene rings is 1. The van der Waals surface area contributed by atoms with Crippen LogP contribution in [0.25, 0.3) is 11.0 Å². The largest absolute Gasteiger partial charge is 0.351 e. The molecule has 8 heteroatoms. The molecule has 0 bridgehead atoms. The summed E-state index contributed by atoms with van der Waals surface area (Å²) in [6.07, 6.45) is 4.09. The van der Waals surface area contributed by atoms with Gasteiger partial charge < -0.3 is 15.6 Å². The summed E-state index contributed by atoms with van der Waals surface area (Å²) in [5.41, 5.74) is 2.67. The van der Waals surface area contributed by atoms with Gasteiger partial charge in [-0.05, 0) is 41.6 Å². The minimum Gasteiger partial charge on any atom is -0.351 e. The number of amides is 1. The number of carbonyl (C=O) groups is 1. The molecule has 1 aromatic carbocycles. The molecule has 0 spiro atoms. The average Bonchev–Trinajstić information content (AvgIpc) is 3.33. The molecule has 0 atom stereocenters. The predicted molar refractivity (Wildman–Crippen MR) is 112 cm³/mol. The van der Waals surface area contributed by atoms with Crippen molar-refractivity contribution in [1.29, 1.82) is 0 Å². The van der Waals surface area contributed by atoms with Gasteiger partial charge in [0, 0.05) is 17.2 Å². The second-order valence-corrected chi connectivity index (χ2v) is 7.71. The third-order valence-electron chi connectivity index (χ3n) is 4.09. The number of aromatic nitrogens is 3. The van der Waals surface area contributed by atoms with Crippen LogP contribution in [0.4, 0.5) is 11.5 Å². The number of fused-ring (bicyclic) bond motifs is 1. The van der Waals surface area contributed by atoms with Gasteiger partial charge in [-0.1, -0.05) is 28.1 Å². The number of thiophene rings is 1. The van der Waals surface area contributed by atoms with E-state index in [1.807, 2.05) is 48.0 Å². The molecule has 3 aromatic heterocycles. The molecule has 27 heavy (non-hydrogen) atoms. The van der Waals surface area contributed by atoms with Crippen molar-refractivity contribution >= 4 is 55.7 Å². The first kappa shape index (κ1) is 17.7. The van der Waals surface area contributed by atoms with Gasteiger partial charge in [-0.25, -0.2) is 9.97 Å². The predicted octanol–water partition coefficient (Wildman–Crippen LogP) is 4.50. The van der Waals surface area contributed by atoms with Crippen LogP contribution < -0.4 is 10.6 Å². The lowest BCUT2D eigenvalue weighted by Gasteiger charge is -2.09. The van der Waals surface area contributed by atoms with E-state index < -0.39 is 0 Å². The van der Waals surface area contributed by atoms with Crippen LogP contribution in [0, 0.1) is 0 Å². The SMILES string of the molecule is O=C(NCCc1ccc(Br)cc1)c1sccc1Nc1ncnc2[nH]ccc12. The summed E-state index contributed by atoms with van der Waals surface area (Å²) in [6, 6.07) is 11.9. The molecule has 0 aliphatic heterocycles. The molecule has 0 saturated carbocycles. The molecule has 0 unspecified atom stereocenters. The Bertz CT molecular complexity index is 1070. The zero-order chi connectivity index (χ0) is 18.6. The monoisotopic (exact) mass is 441 g/mol. The van der Waals surface area contributed by atoms with Crippen molar-refractivity contribution in [2.24, 2.45) is 0 Å². The number of nitrogens with one attached hydrogen (secondary N) is 3. The van der Waals surface area contributed by atoms with Gasteiger partial charge in [-0.15, -0.1) is 11.3 Å². The smallest absolute Gasteiger partial charge is 0.263 e. The topological polar surface area (TPSA) is 82.7 Å². The zero-order valence-corrected chi connectivity index (χ0v) is 16.6. The van der Waals surface area contributed by atoms with Gasteiger partial charge in [-0.3, -0.25) is 4.79 Å². The number of halogens is 1. The fraction of sp³-hybridized carbons (Fsp3) is 0.105.